The molecule has 0 radical (unpaired) electrons. The van der Waals surface area contributed by atoms with Crippen molar-refractivity contribution in [3.05, 3.63) is 35.6 Å². The van der Waals surface area contributed by atoms with E-state index in [1.54, 1.807) is 12.1 Å². The summed E-state index contributed by atoms with van der Waals surface area (Å²) in [7, 11) is 0. The zero-order valence-electron chi connectivity index (χ0n) is 15.9. The van der Waals surface area contributed by atoms with Crippen molar-refractivity contribution >= 4 is 0 Å². The molecule has 0 saturated heterocycles. The first-order valence-electron chi connectivity index (χ1n) is 9.60. The maximum atomic E-state index is 13.7. The van der Waals surface area contributed by atoms with Gasteiger partial charge in [-0.25, -0.2) is 4.39 Å². The number of hydrogen-bond donors (Lipinski definition) is 0. The van der Waals surface area contributed by atoms with E-state index in [-0.39, 0.29) is 11.7 Å². The minimum atomic E-state index is -0.708. The van der Waals surface area contributed by atoms with E-state index in [9.17, 15) is 4.39 Å². The van der Waals surface area contributed by atoms with Crippen molar-refractivity contribution in [2.24, 2.45) is 0 Å². The van der Waals surface area contributed by atoms with Crippen molar-refractivity contribution in [2.45, 2.75) is 84.3 Å². The summed E-state index contributed by atoms with van der Waals surface area (Å²) in [5.41, 5.74) is 0.966. The van der Waals surface area contributed by atoms with E-state index >= 15 is 0 Å². The van der Waals surface area contributed by atoms with Gasteiger partial charge < -0.3 is 9.47 Å². The summed E-state index contributed by atoms with van der Waals surface area (Å²) in [5.74, 6) is -0.865. The Kier molecular flexibility index (Phi) is 10.2. The number of rotatable bonds is 13. The van der Waals surface area contributed by atoms with Crippen LogP contribution in [0, 0.1) is 5.82 Å². The van der Waals surface area contributed by atoms with Crippen LogP contribution in [0.5, 0.6) is 0 Å². The van der Waals surface area contributed by atoms with Crippen LogP contribution in [-0.2, 0) is 9.47 Å². The van der Waals surface area contributed by atoms with E-state index in [0.717, 1.165) is 18.4 Å². The number of hydrogen-bond acceptors (Lipinski definition) is 2. The largest absolute Gasteiger partial charge is 0.350 e. The molecular weight excluding hydrogens is 303 g/mol. The van der Waals surface area contributed by atoms with Gasteiger partial charge in [0.15, 0.2) is 5.79 Å². The zero-order valence-corrected chi connectivity index (χ0v) is 15.9. The van der Waals surface area contributed by atoms with Gasteiger partial charge in [0.1, 0.15) is 5.82 Å². The molecule has 1 unspecified atom stereocenters. The molecule has 0 aromatic heterocycles. The van der Waals surface area contributed by atoms with Gasteiger partial charge in [-0.05, 0) is 44.9 Å². The van der Waals surface area contributed by atoms with Gasteiger partial charge in [0, 0.05) is 19.1 Å². The summed E-state index contributed by atoms with van der Waals surface area (Å²) in [5, 5.41) is 0. The Bertz CT molecular complexity index is 441. The van der Waals surface area contributed by atoms with Crippen molar-refractivity contribution in [1.29, 1.82) is 0 Å². The first-order valence-corrected chi connectivity index (χ1v) is 9.60. The average molecular weight is 339 g/mol. The van der Waals surface area contributed by atoms with E-state index in [2.05, 4.69) is 6.92 Å². The van der Waals surface area contributed by atoms with Crippen LogP contribution in [-0.4, -0.2) is 19.0 Å². The zero-order chi connectivity index (χ0) is 17.8. The molecule has 0 aliphatic heterocycles. The summed E-state index contributed by atoms with van der Waals surface area (Å²) >= 11 is 0. The molecule has 3 heteroatoms. The maximum Gasteiger partial charge on any atom is 0.172 e. The molecule has 1 aromatic carbocycles. The molecule has 0 N–H and O–H groups in total. The summed E-state index contributed by atoms with van der Waals surface area (Å²) in [6, 6.07) is 6.88. The highest BCUT2D eigenvalue weighted by molar-refractivity contribution is 5.23. The van der Waals surface area contributed by atoms with Gasteiger partial charge in [0.05, 0.1) is 0 Å². The van der Waals surface area contributed by atoms with Gasteiger partial charge in [-0.15, -0.1) is 0 Å². The van der Waals surface area contributed by atoms with Crippen molar-refractivity contribution in [3.63, 3.8) is 0 Å². The minimum Gasteiger partial charge on any atom is -0.350 e. The van der Waals surface area contributed by atoms with Gasteiger partial charge in [0.25, 0.3) is 0 Å². The quantitative estimate of drug-likeness (QED) is 0.304. The second kappa shape index (κ2) is 11.6. The maximum absolute atomic E-state index is 13.7. The van der Waals surface area contributed by atoms with Gasteiger partial charge in [-0.1, -0.05) is 57.6 Å². The summed E-state index contributed by atoms with van der Waals surface area (Å²) in [6.07, 6.45) is 8.41. The second-order valence-corrected chi connectivity index (χ2v) is 6.55. The Morgan fingerprint density at radius 3 is 2.17 bits per heavy atom. The van der Waals surface area contributed by atoms with Gasteiger partial charge in [-0.2, -0.15) is 0 Å². The van der Waals surface area contributed by atoms with Crippen LogP contribution >= 0.6 is 0 Å². The molecule has 0 amide bonds. The Hall–Kier alpha value is -0.930. The molecular formula is C21H35FO2. The summed E-state index contributed by atoms with van der Waals surface area (Å²) < 4.78 is 25.7. The molecule has 1 rings (SSSR count). The fourth-order valence-electron chi connectivity index (χ4n) is 3.40. The van der Waals surface area contributed by atoms with E-state index < -0.39 is 5.79 Å². The SMILES string of the molecule is CCCCCCCCC(c1cccc(F)c1)C(C)(OCC)OCC. The van der Waals surface area contributed by atoms with Crippen molar-refractivity contribution in [1.82, 2.24) is 0 Å². The van der Waals surface area contributed by atoms with Crippen molar-refractivity contribution in [2.75, 3.05) is 13.2 Å². The molecule has 1 aromatic rings. The number of halogens is 1. The van der Waals surface area contributed by atoms with Gasteiger partial charge in [0.2, 0.25) is 0 Å². The monoisotopic (exact) mass is 338 g/mol. The standard InChI is InChI=1S/C21H35FO2/c1-5-8-9-10-11-12-16-20(18-14-13-15-19(22)17-18)21(4,23-6-2)24-7-3/h13-15,17,20H,5-12,16H2,1-4H3. The van der Waals surface area contributed by atoms with Crippen LogP contribution in [0.3, 0.4) is 0 Å². The molecule has 138 valence electrons. The first-order chi connectivity index (χ1) is 11.6. The molecule has 0 aliphatic carbocycles. The smallest absolute Gasteiger partial charge is 0.172 e. The Morgan fingerprint density at radius 1 is 0.958 bits per heavy atom. The van der Waals surface area contributed by atoms with Crippen LogP contribution in [0.1, 0.15) is 84.1 Å². The third-order valence-electron chi connectivity index (χ3n) is 4.59. The number of unbranched alkanes of at least 4 members (excludes halogenated alkanes) is 5. The molecule has 0 spiro atoms. The van der Waals surface area contributed by atoms with Crippen LogP contribution in [0.25, 0.3) is 0 Å². The highest BCUT2D eigenvalue weighted by Gasteiger charge is 2.36. The molecule has 0 bridgehead atoms. The third kappa shape index (κ3) is 6.90. The number of benzene rings is 1. The number of ether oxygens (including phenoxy) is 2. The Balaban J connectivity index is 2.82. The molecule has 2 nitrogen and oxygen atoms in total. The normalized spacial score (nSPS) is 13.2. The lowest BCUT2D eigenvalue weighted by atomic mass is 9.86. The third-order valence-corrected chi connectivity index (χ3v) is 4.59. The van der Waals surface area contributed by atoms with E-state index in [1.807, 2.05) is 26.8 Å². The molecule has 0 saturated carbocycles. The van der Waals surface area contributed by atoms with Crippen LogP contribution in [0.15, 0.2) is 24.3 Å². The van der Waals surface area contributed by atoms with Crippen LogP contribution in [0.4, 0.5) is 4.39 Å². The van der Waals surface area contributed by atoms with Crippen molar-refractivity contribution in [3.8, 4) is 0 Å². The Labute approximate surface area is 147 Å². The minimum absolute atomic E-state index is 0.0410. The molecule has 1 atom stereocenters. The molecule has 0 heterocycles. The topological polar surface area (TPSA) is 18.5 Å². The first kappa shape index (κ1) is 21.1. The molecule has 24 heavy (non-hydrogen) atoms. The van der Waals surface area contributed by atoms with E-state index in [4.69, 9.17) is 9.47 Å². The van der Waals surface area contributed by atoms with E-state index in [1.165, 1.54) is 38.2 Å². The lowest BCUT2D eigenvalue weighted by Crippen LogP contribution is -2.39. The van der Waals surface area contributed by atoms with Crippen LogP contribution in [0.2, 0.25) is 0 Å². The van der Waals surface area contributed by atoms with Crippen LogP contribution < -0.4 is 0 Å². The highest BCUT2D eigenvalue weighted by atomic mass is 19.1. The predicted octanol–water partition coefficient (Wildman–Crippen LogP) is 6.45. The van der Waals surface area contributed by atoms with E-state index in [0.29, 0.717) is 13.2 Å². The van der Waals surface area contributed by atoms with Crippen molar-refractivity contribution < 1.29 is 13.9 Å². The second-order valence-electron chi connectivity index (χ2n) is 6.55. The summed E-state index contributed by atoms with van der Waals surface area (Å²) in [4.78, 5) is 0. The summed E-state index contributed by atoms with van der Waals surface area (Å²) in [6.45, 7) is 9.34. The fraction of sp³-hybridized carbons (Fsp3) is 0.714. The average Bonchev–Trinajstić information content (AvgIpc) is 2.54. The molecule has 0 fully saturated rings. The lowest BCUT2D eigenvalue weighted by molar-refractivity contribution is -0.236. The van der Waals surface area contributed by atoms with Gasteiger partial charge in [-0.3, -0.25) is 0 Å². The molecule has 0 aliphatic rings. The van der Waals surface area contributed by atoms with Gasteiger partial charge >= 0.3 is 0 Å². The predicted molar refractivity (Wildman–Crippen MR) is 98.8 cm³/mol. The fourth-order valence-corrected chi connectivity index (χ4v) is 3.40. The Morgan fingerprint density at radius 2 is 1.58 bits per heavy atom. The highest BCUT2D eigenvalue weighted by Crippen LogP contribution is 2.37. The lowest BCUT2D eigenvalue weighted by Gasteiger charge is -2.37.